The average Bonchev–Trinajstić information content (AvgIpc) is 2.28. The van der Waals surface area contributed by atoms with Crippen molar-refractivity contribution in [3.05, 3.63) is 0 Å². The number of likely N-dealkylation sites (N-methyl/N-ethyl adjacent to an activating group) is 1. The molecule has 1 atom stereocenters. The van der Waals surface area contributed by atoms with Crippen LogP contribution in [0.1, 0.15) is 19.8 Å². The van der Waals surface area contributed by atoms with Gasteiger partial charge in [0.1, 0.15) is 0 Å². The normalized spacial score (nSPS) is 37.1. The largest absolute Gasteiger partial charge is 0.479 e. The molecule has 0 aromatic heterocycles. The molecule has 0 aromatic rings. The fourth-order valence-corrected chi connectivity index (χ4v) is 3.09. The number of nitrogens with zero attached hydrogens (tertiary/aromatic N) is 2. The SMILES string of the molecule is CC(=O)N(C)C1(C(=O)O)CN2CCC1CC2. The fraction of sp³-hybridized carbons (Fsp3) is 0.818. The zero-order valence-electron chi connectivity index (χ0n) is 9.77. The number of carbonyl (C=O) groups excluding carboxylic acids is 1. The molecular weight excluding hydrogens is 208 g/mol. The van der Waals surface area contributed by atoms with Gasteiger partial charge in [0.15, 0.2) is 5.54 Å². The van der Waals surface area contributed by atoms with E-state index in [0.29, 0.717) is 6.54 Å². The Kier molecular flexibility index (Phi) is 2.66. The van der Waals surface area contributed by atoms with Crippen molar-refractivity contribution >= 4 is 11.9 Å². The second-order valence-electron chi connectivity index (χ2n) is 4.86. The van der Waals surface area contributed by atoms with Gasteiger partial charge in [-0.05, 0) is 31.8 Å². The molecule has 3 aliphatic rings. The molecule has 3 rings (SSSR count). The number of fused-ring (bicyclic) bond motifs is 3. The van der Waals surface area contributed by atoms with E-state index in [1.54, 1.807) is 7.05 Å². The first-order valence-electron chi connectivity index (χ1n) is 5.68. The molecule has 1 N–H and O–H groups in total. The first kappa shape index (κ1) is 11.4. The predicted molar refractivity (Wildman–Crippen MR) is 58.0 cm³/mol. The molecule has 2 bridgehead atoms. The third-order valence-corrected chi connectivity index (χ3v) is 4.17. The van der Waals surface area contributed by atoms with Crippen LogP contribution >= 0.6 is 0 Å². The zero-order valence-corrected chi connectivity index (χ0v) is 9.77. The van der Waals surface area contributed by atoms with Crippen molar-refractivity contribution in [2.24, 2.45) is 5.92 Å². The van der Waals surface area contributed by atoms with Crippen LogP contribution in [0.25, 0.3) is 0 Å². The number of hydrogen-bond donors (Lipinski definition) is 1. The van der Waals surface area contributed by atoms with Gasteiger partial charge in [-0.25, -0.2) is 4.79 Å². The van der Waals surface area contributed by atoms with Crippen molar-refractivity contribution in [1.82, 2.24) is 9.80 Å². The lowest BCUT2D eigenvalue weighted by molar-refractivity contribution is -0.171. The van der Waals surface area contributed by atoms with E-state index in [4.69, 9.17) is 0 Å². The van der Waals surface area contributed by atoms with Gasteiger partial charge in [-0.3, -0.25) is 4.79 Å². The molecule has 5 heteroatoms. The van der Waals surface area contributed by atoms with Gasteiger partial charge in [-0.15, -0.1) is 0 Å². The number of piperidine rings is 3. The quantitative estimate of drug-likeness (QED) is 0.720. The third kappa shape index (κ3) is 1.42. The molecule has 0 spiro atoms. The standard InChI is InChI=1S/C11H18N2O3/c1-8(14)12(2)11(10(15)16)7-13-5-3-9(11)4-6-13/h9H,3-7H2,1-2H3,(H,15,16). The van der Waals surface area contributed by atoms with Crippen LogP contribution in [0.2, 0.25) is 0 Å². The second kappa shape index (κ2) is 3.73. The van der Waals surface area contributed by atoms with Crippen molar-refractivity contribution in [3.63, 3.8) is 0 Å². The number of carbonyl (C=O) groups is 2. The maximum Gasteiger partial charge on any atom is 0.331 e. The molecule has 0 saturated carbocycles. The minimum Gasteiger partial charge on any atom is -0.479 e. The van der Waals surface area contributed by atoms with Crippen LogP contribution < -0.4 is 0 Å². The lowest BCUT2D eigenvalue weighted by atomic mass is 9.71. The molecule has 3 aliphatic heterocycles. The van der Waals surface area contributed by atoms with Crippen LogP contribution in [-0.4, -0.2) is 59.0 Å². The molecule has 16 heavy (non-hydrogen) atoms. The molecular formula is C11H18N2O3. The second-order valence-corrected chi connectivity index (χ2v) is 4.86. The highest BCUT2D eigenvalue weighted by Crippen LogP contribution is 2.39. The van der Waals surface area contributed by atoms with Gasteiger partial charge in [0.2, 0.25) is 5.91 Å². The molecule has 0 aliphatic carbocycles. The van der Waals surface area contributed by atoms with E-state index >= 15 is 0 Å². The maximum absolute atomic E-state index is 11.6. The summed E-state index contributed by atoms with van der Waals surface area (Å²) in [4.78, 5) is 26.6. The molecule has 90 valence electrons. The maximum atomic E-state index is 11.6. The van der Waals surface area contributed by atoms with Gasteiger partial charge in [0.05, 0.1) is 0 Å². The Balaban J connectivity index is 2.36. The highest BCUT2D eigenvalue weighted by atomic mass is 16.4. The summed E-state index contributed by atoms with van der Waals surface area (Å²) in [6.07, 6.45) is 1.76. The topological polar surface area (TPSA) is 60.9 Å². The zero-order chi connectivity index (χ0) is 11.9. The van der Waals surface area contributed by atoms with E-state index in [-0.39, 0.29) is 11.8 Å². The molecule has 1 amide bonds. The lowest BCUT2D eigenvalue weighted by Crippen LogP contribution is -2.70. The van der Waals surface area contributed by atoms with Gasteiger partial charge in [0.25, 0.3) is 0 Å². The number of amides is 1. The Morgan fingerprint density at radius 1 is 1.38 bits per heavy atom. The summed E-state index contributed by atoms with van der Waals surface area (Å²) in [6.45, 7) is 3.84. The molecule has 5 nitrogen and oxygen atoms in total. The number of hydrogen-bond acceptors (Lipinski definition) is 3. The Morgan fingerprint density at radius 2 is 1.94 bits per heavy atom. The molecule has 0 radical (unpaired) electrons. The number of carboxylic acid groups (broad SMARTS) is 1. The summed E-state index contributed by atoms with van der Waals surface area (Å²) in [5.74, 6) is -0.931. The first-order valence-corrected chi connectivity index (χ1v) is 5.68. The van der Waals surface area contributed by atoms with Gasteiger partial charge in [-0.2, -0.15) is 0 Å². The number of carboxylic acids is 1. The Morgan fingerprint density at radius 3 is 2.25 bits per heavy atom. The van der Waals surface area contributed by atoms with E-state index in [1.165, 1.54) is 11.8 Å². The molecule has 3 fully saturated rings. The summed E-state index contributed by atoms with van der Waals surface area (Å²) < 4.78 is 0. The molecule has 1 unspecified atom stereocenters. The summed E-state index contributed by atoms with van der Waals surface area (Å²) in [5, 5.41) is 9.51. The van der Waals surface area contributed by atoms with Gasteiger partial charge in [0, 0.05) is 20.5 Å². The highest BCUT2D eigenvalue weighted by Gasteiger charge is 2.55. The van der Waals surface area contributed by atoms with Crippen molar-refractivity contribution in [2.45, 2.75) is 25.3 Å². The lowest BCUT2D eigenvalue weighted by Gasteiger charge is -2.54. The van der Waals surface area contributed by atoms with Crippen LogP contribution in [0.15, 0.2) is 0 Å². The molecule has 3 heterocycles. The van der Waals surface area contributed by atoms with Crippen LogP contribution in [-0.2, 0) is 9.59 Å². The van der Waals surface area contributed by atoms with Crippen molar-refractivity contribution in [2.75, 3.05) is 26.7 Å². The van der Waals surface area contributed by atoms with Crippen molar-refractivity contribution < 1.29 is 14.7 Å². The highest BCUT2D eigenvalue weighted by molar-refractivity contribution is 5.87. The number of rotatable bonds is 2. The summed E-state index contributed by atoms with van der Waals surface area (Å²) in [6, 6.07) is 0. The van der Waals surface area contributed by atoms with Gasteiger partial charge >= 0.3 is 5.97 Å². The van der Waals surface area contributed by atoms with E-state index < -0.39 is 11.5 Å². The predicted octanol–water partition coefficient (Wildman–Crippen LogP) is 0.0137. The van der Waals surface area contributed by atoms with Crippen molar-refractivity contribution in [1.29, 1.82) is 0 Å². The van der Waals surface area contributed by atoms with E-state index in [2.05, 4.69) is 4.90 Å². The van der Waals surface area contributed by atoms with Crippen LogP contribution in [0.4, 0.5) is 0 Å². The average molecular weight is 226 g/mol. The minimum absolute atomic E-state index is 0.101. The van der Waals surface area contributed by atoms with E-state index in [0.717, 1.165) is 25.9 Å². The number of aliphatic carboxylic acids is 1. The summed E-state index contributed by atoms with van der Waals surface area (Å²) >= 11 is 0. The first-order chi connectivity index (χ1) is 7.48. The van der Waals surface area contributed by atoms with Gasteiger partial charge in [-0.1, -0.05) is 0 Å². The van der Waals surface area contributed by atoms with Crippen LogP contribution in [0, 0.1) is 5.92 Å². The Bertz CT molecular complexity index is 323. The minimum atomic E-state index is -0.998. The van der Waals surface area contributed by atoms with Gasteiger partial charge < -0.3 is 14.9 Å². The molecule has 0 aromatic carbocycles. The Labute approximate surface area is 95.0 Å². The summed E-state index contributed by atoms with van der Waals surface area (Å²) in [5.41, 5.74) is -0.998. The monoisotopic (exact) mass is 226 g/mol. The van der Waals surface area contributed by atoms with Crippen LogP contribution in [0.5, 0.6) is 0 Å². The van der Waals surface area contributed by atoms with E-state index in [9.17, 15) is 14.7 Å². The van der Waals surface area contributed by atoms with Crippen LogP contribution in [0.3, 0.4) is 0 Å². The molecule has 3 saturated heterocycles. The Hall–Kier alpha value is -1.10. The van der Waals surface area contributed by atoms with E-state index in [1.807, 2.05) is 0 Å². The fourth-order valence-electron chi connectivity index (χ4n) is 3.09. The summed E-state index contributed by atoms with van der Waals surface area (Å²) in [7, 11) is 1.61. The van der Waals surface area contributed by atoms with Crippen molar-refractivity contribution in [3.8, 4) is 0 Å². The third-order valence-electron chi connectivity index (χ3n) is 4.17. The smallest absolute Gasteiger partial charge is 0.331 e.